The SMILES string of the molecule is C=COCC1(C)CCN(c2c([C@H](OC(C)(C)C)C(=O)OC)c(C)cc3nc(C(=O)OCC)cn23)CC1. The van der Waals surface area contributed by atoms with Crippen molar-refractivity contribution in [1.29, 1.82) is 0 Å². The van der Waals surface area contributed by atoms with Gasteiger partial charge in [0.2, 0.25) is 0 Å². The molecule has 1 aliphatic heterocycles. The summed E-state index contributed by atoms with van der Waals surface area (Å²) in [4.78, 5) is 32.3. The zero-order chi connectivity index (χ0) is 26.7. The van der Waals surface area contributed by atoms with E-state index in [4.69, 9.17) is 18.9 Å². The maximum Gasteiger partial charge on any atom is 0.358 e. The number of fused-ring (bicyclic) bond motifs is 1. The van der Waals surface area contributed by atoms with Gasteiger partial charge in [0.15, 0.2) is 11.8 Å². The molecule has 1 saturated heterocycles. The molecule has 1 fully saturated rings. The Kier molecular flexibility index (Phi) is 8.33. The zero-order valence-electron chi connectivity index (χ0n) is 22.6. The number of hydrogen-bond acceptors (Lipinski definition) is 8. The molecule has 198 valence electrons. The Morgan fingerprint density at radius 2 is 1.94 bits per heavy atom. The van der Waals surface area contributed by atoms with Gasteiger partial charge in [-0.2, -0.15) is 0 Å². The van der Waals surface area contributed by atoms with Crippen LogP contribution in [0.25, 0.3) is 5.65 Å². The number of nitrogens with zero attached hydrogens (tertiary/aromatic N) is 3. The van der Waals surface area contributed by atoms with Crippen LogP contribution in [0.5, 0.6) is 0 Å². The molecular formula is C27H39N3O6. The Morgan fingerprint density at radius 1 is 1.28 bits per heavy atom. The largest absolute Gasteiger partial charge is 0.501 e. The van der Waals surface area contributed by atoms with Crippen molar-refractivity contribution in [3.05, 3.63) is 41.9 Å². The second-order valence-corrected chi connectivity index (χ2v) is 10.5. The van der Waals surface area contributed by atoms with Gasteiger partial charge in [-0.1, -0.05) is 13.5 Å². The zero-order valence-corrected chi connectivity index (χ0v) is 22.6. The standard InChI is InChI=1S/C27H39N3O6/c1-9-34-17-27(7)11-13-29(14-12-27)23-21(22(25(32)33-8)36-26(4,5)6)18(3)15-20-28-19(16-30(20)23)24(31)35-10-2/h9,15-16,22H,1,10-14,17H2,2-8H3/t22-/m0/s1. The normalized spacial score (nSPS) is 16.5. The Labute approximate surface area is 213 Å². The lowest BCUT2D eigenvalue weighted by Crippen LogP contribution is -2.42. The van der Waals surface area contributed by atoms with Crippen LogP contribution in [-0.2, 0) is 23.7 Å². The molecule has 3 heterocycles. The molecule has 36 heavy (non-hydrogen) atoms. The summed E-state index contributed by atoms with van der Waals surface area (Å²) in [6.07, 6.45) is 3.94. The number of aromatic nitrogens is 2. The Balaban J connectivity index is 2.18. The number of hydrogen-bond donors (Lipinski definition) is 0. The number of carbonyl (C=O) groups is 2. The highest BCUT2D eigenvalue weighted by Crippen LogP contribution is 2.40. The van der Waals surface area contributed by atoms with E-state index in [-0.39, 0.29) is 17.7 Å². The minimum atomic E-state index is -0.958. The van der Waals surface area contributed by atoms with Crippen LogP contribution in [0.3, 0.4) is 0 Å². The first-order chi connectivity index (χ1) is 16.9. The third kappa shape index (κ3) is 6.00. The summed E-state index contributed by atoms with van der Waals surface area (Å²) in [5.41, 5.74) is 1.72. The smallest absolute Gasteiger partial charge is 0.358 e. The van der Waals surface area contributed by atoms with Crippen LogP contribution < -0.4 is 4.90 Å². The van der Waals surface area contributed by atoms with E-state index in [0.717, 1.165) is 37.3 Å². The highest BCUT2D eigenvalue weighted by Gasteiger charge is 2.37. The molecule has 0 bridgehead atoms. The van der Waals surface area contributed by atoms with E-state index < -0.39 is 23.6 Å². The number of piperidine rings is 1. The Hall–Kier alpha value is -3.07. The van der Waals surface area contributed by atoms with Gasteiger partial charge in [0.1, 0.15) is 11.5 Å². The van der Waals surface area contributed by atoms with Gasteiger partial charge in [0.05, 0.1) is 32.2 Å². The van der Waals surface area contributed by atoms with Gasteiger partial charge in [0, 0.05) is 30.3 Å². The number of esters is 2. The van der Waals surface area contributed by atoms with E-state index in [1.54, 1.807) is 13.1 Å². The van der Waals surface area contributed by atoms with E-state index in [9.17, 15) is 9.59 Å². The molecule has 1 atom stereocenters. The highest BCUT2D eigenvalue weighted by molar-refractivity contribution is 5.88. The van der Waals surface area contributed by atoms with Crippen LogP contribution in [-0.4, -0.2) is 60.3 Å². The van der Waals surface area contributed by atoms with Crippen LogP contribution in [0, 0.1) is 12.3 Å². The first-order valence-corrected chi connectivity index (χ1v) is 12.4. The minimum Gasteiger partial charge on any atom is -0.501 e. The van der Waals surface area contributed by atoms with Crippen molar-refractivity contribution < 1.29 is 28.5 Å². The lowest BCUT2D eigenvalue weighted by atomic mass is 9.81. The van der Waals surface area contributed by atoms with Gasteiger partial charge in [-0.25, -0.2) is 14.6 Å². The quantitative estimate of drug-likeness (QED) is 0.363. The summed E-state index contributed by atoms with van der Waals surface area (Å²) in [5.74, 6) is -0.213. The van der Waals surface area contributed by atoms with Crippen LogP contribution in [0.2, 0.25) is 0 Å². The number of pyridine rings is 1. The van der Waals surface area contributed by atoms with Gasteiger partial charge in [-0.05, 0) is 59.1 Å². The van der Waals surface area contributed by atoms with E-state index >= 15 is 0 Å². The van der Waals surface area contributed by atoms with Gasteiger partial charge in [-0.15, -0.1) is 0 Å². The van der Waals surface area contributed by atoms with Crippen molar-refractivity contribution in [3.63, 3.8) is 0 Å². The molecule has 9 nitrogen and oxygen atoms in total. The monoisotopic (exact) mass is 501 g/mol. The molecule has 0 radical (unpaired) electrons. The summed E-state index contributed by atoms with van der Waals surface area (Å²) in [6.45, 7) is 17.5. The molecule has 0 N–H and O–H groups in total. The van der Waals surface area contributed by atoms with E-state index in [0.29, 0.717) is 17.8 Å². The lowest BCUT2D eigenvalue weighted by molar-refractivity contribution is -0.164. The van der Waals surface area contributed by atoms with E-state index in [1.165, 1.54) is 13.4 Å². The maximum atomic E-state index is 13.0. The van der Waals surface area contributed by atoms with Gasteiger partial charge in [0.25, 0.3) is 0 Å². The predicted octanol–water partition coefficient (Wildman–Crippen LogP) is 4.62. The molecule has 2 aromatic heterocycles. The molecule has 0 spiro atoms. The third-order valence-electron chi connectivity index (χ3n) is 6.43. The molecule has 0 amide bonds. The first kappa shape index (κ1) is 27.5. The number of imidazole rings is 1. The van der Waals surface area contributed by atoms with Crippen LogP contribution in [0.4, 0.5) is 5.82 Å². The number of aryl methyl sites for hydroxylation is 1. The number of rotatable bonds is 9. The predicted molar refractivity (Wildman–Crippen MR) is 137 cm³/mol. The molecular weight excluding hydrogens is 462 g/mol. The summed E-state index contributed by atoms with van der Waals surface area (Å²) < 4.78 is 24.0. The fourth-order valence-corrected chi connectivity index (χ4v) is 4.54. The van der Waals surface area contributed by atoms with E-state index in [1.807, 2.05) is 38.2 Å². The Morgan fingerprint density at radius 3 is 2.50 bits per heavy atom. The van der Waals surface area contributed by atoms with Crippen molar-refractivity contribution in [1.82, 2.24) is 9.38 Å². The first-order valence-electron chi connectivity index (χ1n) is 12.4. The molecule has 2 aromatic rings. The molecule has 3 rings (SSSR count). The van der Waals surface area contributed by atoms with Crippen LogP contribution in [0.1, 0.15) is 75.2 Å². The van der Waals surface area contributed by atoms with Gasteiger partial charge < -0.3 is 23.8 Å². The average Bonchev–Trinajstić information content (AvgIpc) is 3.24. The van der Waals surface area contributed by atoms with Crippen molar-refractivity contribution in [3.8, 4) is 0 Å². The third-order valence-corrected chi connectivity index (χ3v) is 6.43. The summed E-state index contributed by atoms with van der Waals surface area (Å²) in [7, 11) is 1.36. The van der Waals surface area contributed by atoms with Gasteiger partial charge >= 0.3 is 11.9 Å². The fraction of sp³-hybridized carbons (Fsp3) is 0.593. The molecule has 0 aliphatic carbocycles. The van der Waals surface area contributed by atoms with Gasteiger partial charge in [-0.3, -0.25) is 4.40 Å². The molecule has 0 aromatic carbocycles. The molecule has 9 heteroatoms. The van der Waals surface area contributed by atoms with E-state index in [2.05, 4.69) is 23.4 Å². The molecule has 0 saturated carbocycles. The van der Waals surface area contributed by atoms with Crippen LogP contribution in [0.15, 0.2) is 25.1 Å². The summed E-state index contributed by atoms with van der Waals surface area (Å²) in [6, 6.07) is 1.86. The number of anilines is 1. The second kappa shape index (κ2) is 10.9. The Bertz CT molecular complexity index is 1110. The highest BCUT2D eigenvalue weighted by atomic mass is 16.6. The maximum absolute atomic E-state index is 13.0. The van der Waals surface area contributed by atoms with Crippen molar-refractivity contribution in [2.45, 2.75) is 66.1 Å². The number of methoxy groups -OCH3 is 1. The van der Waals surface area contributed by atoms with Crippen molar-refractivity contribution in [2.75, 3.05) is 38.3 Å². The average molecular weight is 502 g/mol. The fourth-order valence-electron chi connectivity index (χ4n) is 4.54. The minimum absolute atomic E-state index is 0.00246. The van der Waals surface area contributed by atoms with Crippen molar-refractivity contribution in [2.24, 2.45) is 5.41 Å². The number of ether oxygens (including phenoxy) is 4. The summed E-state index contributed by atoms with van der Waals surface area (Å²) >= 11 is 0. The lowest BCUT2D eigenvalue weighted by Gasteiger charge is -2.41. The van der Waals surface area contributed by atoms with Crippen LogP contribution >= 0.6 is 0 Å². The number of carbonyl (C=O) groups excluding carboxylic acids is 2. The van der Waals surface area contributed by atoms with Crippen molar-refractivity contribution >= 4 is 23.4 Å². The molecule has 1 aliphatic rings. The topological polar surface area (TPSA) is 91.6 Å². The molecule has 0 unspecified atom stereocenters. The summed E-state index contributed by atoms with van der Waals surface area (Å²) in [5, 5.41) is 0. The second-order valence-electron chi connectivity index (χ2n) is 10.5.